The quantitative estimate of drug-likeness (QED) is 0.677. The summed E-state index contributed by atoms with van der Waals surface area (Å²) in [6.45, 7) is 1.03. The normalized spacial score (nSPS) is 31.5. The van der Waals surface area contributed by atoms with Gasteiger partial charge < -0.3 is 20.1 Å². The maximum atomic E-state index is 11.1. The van der Waals surface area contributed by atoms with Crippen molar-refractivity contribution in [1.29, 1.82) is 0 Å². The van der Waals surface area contributed by atoms with Crippen LogP contribution in [-0.4, -0.2) is 52.0 Å². The zero-order valence-corrected chi connectivity index (χ0v) is 12.9. The Labute approximate surface area is 134 Å². The molecule has 1 fully saturated rings. The molecule has 0 aliphatic carbocycles. The van der Waals surface area contributed by atoms with E-state index in [1.165, 1.54) is 0 Å². The summed E-state index contributed by atoms with van der Waals surface area (Å²) in [6.07, 6.45) is 3.23. The third kappa shape index (κ3) is 3.08. The fourth-order valence-corrected chi connectivity index (χ4v) is 3.22. The minimum absolute atomic E-state index is 0.294. The van der Waals surface area contributed by atoms with E-state index >= 15 is 0 Å². The van der Waals surface area contributed by atoms with Crippen molar-refractivity contribution in [3.05, 3.63) is 41.9 Å². The maximum Gasteiger partial charge on any atom is 0.371 e. The second kappa shape index (κ2) is 6.27. The van der Waals surface area contributed by atoms with E-state index in [0.717, 1.165) is 31.0 Å². The molecule has 0 radical (unpaired) electrons. The highest BCUT2D eigenvalue weighted by Gasteiger charge is 2.41. The van der Waals surface area contributed by atoms with E-state index in [2.05, 4.69) is 11.9 Å². The fourth-order valence-electron chi connectivity index (χ4n) is 3.22. The molecule has 1 saturated heterocycles. The number of aliphatic hydroxyl groups excluding tert-OH is 2. The second-order valence-corrected chi connectivity index (χ2v) is 6.05. The van der Waals surface area contributed by atoms with Crippen LogP contribution in [0, 0.1) is 0 Å². The summed E-state index contributed by atoms with van der Waals surface area (Å²) in [5.41, 5.74) is 1.07. The molecule has 23 heavy (non-hydrogen) atoms. The van der Waals surface area contributed by atoms with Crippen LogP contribution in [0.4, 0.5) is 0 Å². The van der Waals surface area contributed by atoms with Gasteiger partial charge in [-0.2, -0.15) is 4.57 Å². The molecule has 3 N–H and O–H groups in total. The van der Waals surface area contributed by atoms with Gasteiger partial charge in [0.15, 0.2) is 18.5 Å². The number of carboxylic acids is 1. The van der Waals surface area contributed by atoms with Gasteiger partial charge in [-0.15, -0.1) is 0 Å². The Balaban J connectivity index is 1.89. The Morgan fingerprint density at radius 3 is 2.87 bits per heavy atom. The Morgan fingerprint density at radius 1 is 1.43 bits per heavy atom. The van der Waals surface area contributed by atoms with Crippen LogP contribution in [-0.2, 0) is 9.53 Å². The number of ether oxygens (including phenoxy) is 1. The minimum Gasteiger partial charge on any atom is -0.475 e. The lowest BCUT2D eigenvalue weighted by Crippen LogP contribution is -2.53. The SMILES string of the molecule is CN1CCC[C@H]1c1ccc[n+]([C@@H]2OC(C(=O)O)=CC(O)C2O)c1. The topological polar surface area (TPSA) is 94.1 Å². The first-order chi connectivity index (χ1) is 11.0. The van der Waals surface area contributed by atoms with Gasteiger partial charge in [0, 0.05) is 17.7 Å². The van der Waals surface area contributed by atoms with E-state index in [0.29, 0.717) is 6.04 Å². The number of hydrogen-bond acceptors (Lipinski definition) is 5. The molecular formula is C16H21N2O5+. The standard InChI is InChI=1S/C16H20N2O5/c1-17-6-3-5-11(17)10-4-2-7-18(9-10)15-14(20)12(19)8-13(23-15)16(21)22/h2,4,7-9,11-12,14-15,19-20H,3,5-6H2,1H3/p+1/t11-,12?,14?,15+/m0/s1. The maximum absolute atomic E-state index is 11.1. The molecule has 0 spiro atoms. The summed E-state index contributed by atoms with van der Waals surface area (Å²) in [7, 11) is 2.07. The van der Waals surface area contributed by atoms with Gasteiger partial charge in [-0.05, 0) is 38.6 Å². The molecule has 0 bridgehead atoms. The Bertz CT molecular complexity index is 633. The van der Waals surface area contributed by atoms with E-state index < -0.39 is 24.4 Å². The molecule has 2 unspecified atom stereocenters. The molecule has 4 atom stereocenters. The molecule has 0 aromatic carbocycles. The number of hydrogen-bond donors (Lipinski definition) is 3. The van der Waals surface area contributed by atoms with Gasteiger partial charge in [0.05, 0.1) is 0 Å². The van der Waals surface area contributed by atoms with E-state index in [1.807, 2.05) is 18.3 Å². The van der Waals surface area contributed by atoms with Crippen LogP contribution in [0.3, 0.4) is 0 Å². The summed E-state index contributed by atoms with van der Waals surface area (Å²) >= 11 is 0. The third-order valence-electron chi connectivity index (χ3n) is 4.47. The summed E-state index contributed by atoms with van der Waals surface area (Å²) in [4.78, 5) is 13.4. The van der Waals surface area contributed by atoms with Gasteiger partial charge in [0.1, 0.15) is 6.10 Å². The number of carbonyl (C=O) groups is 1. The number of aliphatic carboxylic acids is 1. The van der Waals surface area contributed by atoms with E-state index in [-0.39, 0.29) is 5.76 Å². The summed E-state index contributed by atoms with van der Waals surface area (Å²) < 4.78 is 6.98. The molecule has 0 saturated carbocycles. The largest absolute Gasteiger partial charge is 0.475 e. The third-order valence-corrected chi connectivity index (χ3v) is 4.47. The second-order valence-electron chi connectivity index (χ2n) is 6.05. The van der Waals surface area contributed by atoms with Crippen LogP contribution in [0.15, 0.2) is 36.4 Å². The van der Waals surface area contributed by atoms with Crippen molar-refractivity contribution >= 4 is 5.97 Å². The van der Waals surface area contributed by atoms with E-state index in [4.69, 9.17) is 9.84 Å². The lowest BCUT2D eigenvalue weighted by molar-refractivity contribution is -0.769. The monoisotopic (exact) mass is 321 g/mol. The van der Waals surface area contributed by atoms with Crippen molar-refractivity contribution in [2.45, 2.75) is 37.3 Å². The average molecular weight is 321 g/mol. The minimum atomic E-state index is -1.29. The zero-order chi connectivity index (χ0) is 16.6. The smallest absolute Gasteiger partial charge is 0.371 e. The molecular weight excluding hydrogens is 300 g/mol. The number of rotatable bonds is 3. The first-order valence-corrected chi connectivity index (χ1v) is 7.66. The van der Waals surface area contributed by atoms with Crippen molar-refractivity contribution in [2.24, 2.45) is 0 Å². The highest BCUT2D eigenvalue weighted by molar-refractivity contribution is 5.84. The molecule has 124 valence electrons. The van der Waals surface area contributed by atoms with Gasteiger partial charge in [-0.1, -0.05) is 0 Å². The summed E-state index contributed by atoms with van der Waals surface area (Å²) in [5, 5.41) is 29.1. The van der Waals surface area contributed by atoms with Crippen LogP contribution in [0.2, 0.25) is 0 Å². The van der Waals surface area contributed by atoms with Crippen molar-refractivity contribution in [2.75, 3.05) is 13.6 Å². The van der Waals surface area contributed by atoms with Crippen molar-refractivity contribution in [3.63, 3.8) is 0 Å². The van der Waals surface area contributed by atoms with Crippen molar-refractivity contribution in [1.82, 2.24) is 4.90 Å². The van der Waals surface area contributed by atoms with Gasteiger partial charge in [0.25, 0.3) is 0 Å². The highest BCUT2D eigenvalue weighted by atomic mass is 16.5. The summed E-state index contributed by atoms with van der Waals surface area (Å²) in [5.74, 6) is -1.63. The fraction of sp³-hybridized carbons (Fsp3) is 0.500. The molecule has 3 heterocycles. The molecule has 0 amide bonds. The van der Waals surface area contributed by atoms with Gasteiger partial charge >= 0.3 is 12.2 Å². The number of carboxylic acid groups (broad SMARTS) is 1. The van der Waals surface area contributed by atoms with Crippen molar-refractivity contribution < 1.29 is 29.4 Å². The zero-order valence-electron chi connectivity index (χ0n) is 12.9. The number of aliphatic hydroxyl groups is 2. The number of nitrogens with zero attached hydrogens (tertiary/aromatic N) is 2. The molecule has 3 rings (SSSR count). The number of aromatic nitrogens is 1. The predicted octanol–water partition coefficient (Wildman–Crippen LogP) is -0.0401. The lowest BCUT2D eigenvalue weighted by atomic mass is 10.1. The van der Waals surface area contributed by atoms with Gasteiger partial charge in [-0.3, -0.25) is 4.90 Å². The molecule has 7 heteroatoms. The van der Waals surface area contributed by atoms with Crippen LogP contribution in [0.1, 0.15) is 30.7 Å². The average Bonchev–Trinajstić information content (AvgIpc) is 2.96. The molecule has 2 aliphatic rings. The van der Waals surface area contributed by atoms with Crippen molar-refractivity contribution in [3.8, 4) is 0 Å². The molecule has 1 aromatic heterocycles. The van der Waals surface area contributed by atoms with Crippen LogP contribution >= 0.6 is 0 Å². The Morgan fingerprint density at radius 2 is 2.22 bits per heavy atom. The molecule has 1 aromatic rings. The van der Waals surface area contributed by atoms with Crippen LogP contribution in [0.25, 0.3) is 0 Å². The first kappa shape index (κ1) is 15.9. The molecule has 7 nitrogen and oxygen atoms in total. The van der Waals surface area contributed by atoms with E-state index in [9.17, 15) is 15.0 Å². The highest BCUT2D eigenvalue weighted by Crippen LogP contribution is 2.30. The number of likely N-dealkylation sites (tertiary alicyclic amines) is 1. The Hall–Kier alpha value is -1.96. The number of pyridine rings is 1. The van der Waals surface area contributed by atoms with Gasteiger partial charge in [-0.25, -0.2) is 4.79 Å². The Kier molecular flexibility index (Phi) is 4.34. The first-order valence-electron chi connectivity index (χ1n) is 7.66. The predicted molar refractivity (Wildman–Crippen MR) is 79.1 cm³/mol. The lowest BCUT2D eigenvalue weighted by Gasteiger charge is -2.27. The van der Waals surface area contributed by atoms with E-state index in [1.54, 1.807) is 10.8 Å². The van der Waals surface area contributed by atoms with Crippen LogP contribution in [0.5, 0.6) is 0 Å². The summed E-state index contributed by atoms with van der Waals surface area (Å²) in [6, 6.07) is 4.13. The molecule has 2 aliphatic heterocycles. The van der Waals surface area contributed by atoms with Gasteiger partial charge in [0.2, 0.25) is 5.76 Å². The van der Waals surface area contributed by atoms with Crippen LogP contribution < -0.4 is 4.57 Å².